The van der Waals surface area contributed by atoms with E-state index in [2.05, 4.69) is 27.8 Å². The van der Waals surface area contributed by atoms with Gasteiger partial charge in [0, 0.05) is 23.3 Å². The van der Waals surface area contributed by atoms with Crippen LogP contribution in [0.4, 0.5) is 11.5 Å². The lowest BCUT2D eigenvalue weighted by atomic mass is 10.1. The molecular weight excluding hydrogens is 418 g/mol. The van der Waals surface area contributed by atoms with Crippen LogP contribution in [0.1, 0.15) is 37.8 Å². The van der Waals surface area contributed by atoms with E-state index in [1.54, 1.807) is 17.9 Å². The van der Waals surface area contributed by atoms with Gasteiger partial charge in [-0.25, -0.2) is 4.98 Å². The third-order valence-electron chi connectivity index (χ3n) is 5.31. The zero-order valence-corrected chi connectivity index (χ0v) is 17.2. The maximum atomic E-state index is 13.2. The lowest BCUT2D eigenvalue weighted by Gasteiger charge is -2.23. The molecule has 2 aliphatic rings. The molecular formula is C19H21BrClN3O2. The highest BCUT2D eigenvalue weighted by Gasteiger charge is 2.34. The fourth-order valence-corrected chi connectivity index (χ4v) is 4.80. The Hall–Kier alpha value is -1.53. The second kappa shape index (κ2) is 6.89. The Morgan fingerprint density at radius 3 is 2.85 bits per heavy atom. The first-order valence-corrected chi connectivity index (χ1v) is 10.1. The summed E-state index contributed by atoms with van der Waals surface area (Å²) >= 11 is 9.93. The summed E-state index contributed by atoms with van der Waals surface area (Å²) < 4.78 is 8.05. The number of nitrogens with zero attached hydrogens (tertiary/aromatic N) is 3. The van der Waals surface area contributed by atoms with Gasteiger partial charge in [-0.1, -0.05) is 18.5 Å². The Bertz CT molecular complexity index is 910. The van der Waals surface area contributed by atoms with Crippen LogP contribution in [-0.4, -0.2) is 23.2 Å². The maximum absolute atomic E-state index is 13.2. The van der Waals surface area contributed by atoms with E-state index in [9.17, 15) is 4.79 Å². The molecule has 0 amide bonds. The average Bonchev–Trinajstić information content (AvgIpc) is 3.36. The first kappa shape index (κ1) is 17.9. The van der Waals surface area contributed by atoms with Gasteiger partial charge < -0.3 is 14.2 Å². The molecule has 2 aromatic rings. The predicted octanol–water partition coefficient (Wildman–Crippen LogP) is 4.72. The van der Waals surface area contributed by atoms with Gasteiger partial charge in [-0.05, 0) is 65.2 Å². The lowest BCUT2D eigenvalue weighted by molar-refractivity contribution is 0.414. The van der Waals surface area contributed by atoms with Gasteiger partial charge in [0.15, 0.2) is 0 Å². The van der Waals surface area contributed by atoms with Crippen LogP contribution in [0.5, 0.6) is 5.75 Å². The van der Waals surface area contributed by atoms with E-state index in [0.29, 0.717) is 23.4 Å². The molecule has 1 fully saturated rings. The van der Waals surface area contributed by atoms with Crippen molar-refractivity contribution in [2.75, 3.05) is 18.6 Å². The second-order valence-corrected chi connectivity index (χ2v) is 8.17. The van der Waals surface area contributed by atoms with Crippen LogP contribution in [0.3, 0.4) is 0 Å². The molecule has 1 aromatic heterocycles. The molecule has 0 N–H and O–H groups in total. The number of hydrogen-bond acceptors (Lipinski definition) is 4. The molecule has 1 aliphatic heterocycles. The third-order valence-corrected chi connectivity index (χ3v) is 6.09. The van der Waals surface area contributed by atoms with Gasteiger partial charge in [-0.15, -0.1) is 0 Å². The molecule has 0 spiro atoms. The van der Waals surface area contributed by atoms with E-state index in [-0.39, 0.29) is 11.6 Å². The summed E-state index contributed by atoms with van der Waals surface area (Å²) in [6.07, 6.45) is 5.80. The van der Waals surface area contributed by atoms with Crippen molar-refractivity contribution in [1.29, 1.82) is 0 Å². The highest BCUT2D eigenvalue weighted by molar-refractivity contribution is 9.10. The second-order valence-electron chi connectivity index (χ2n) is 6.93. The molecule has 26 heavy (non-hydrogen) atoms. The van der Waals surface area contributed by atoms with Crippen molar-refractivity contribution in [2.24, 2.45) is 5.92 Å². The summed E-state index contributed by atoms with van der Waals surface area (Å²) in [5.41, 5.74) is 2.05. The first-order chi connectivity index (χ1) is 12.5. The summed E-state index contributed by atoms with van der Waals surface area (Å²) in [7, 11) is 1.65. The standard InChI is InChI=1S/C19H21BrClN3O2/c1-3-15(11-4-5-11)24-10-16(21)22-18(19(24)25)23-7-6-12-8-13(26-2)9-14(20)17(12)23/h8-11,15H,3-7H2,1-2H3/t15-/m1/s1. The Morgan fingerprint density at radius 1 is 1.42 bits per heavy atom. The lowest BCUT2D eigenvalue weighted by Crippen LogP contribution is -2.32. The molecule has 5 nitrogen and oxygen atoms in total. The van der Waals surface area contributed by atoms with E-state index in [0.717, 1.165) is 34.3 Å². The largest absolute Gasteiger partial charge is 0.497 e. The summed E-state index contributed by atoms with van der Waals surface area (Å²) in [5, 5.41) is 0.358. The molecule has 1 atom stereocenters. The highest BCUT2D eigenvalue weighted by Crippen LogP contribution is 2.43. The number of aromatic nitrogens is 2. The number of ether oxygens (including phenoxy) is 1. The smallest absolute Gasteiger partial charge is 0.294 e. The number of fused-ring (bicyclic) bond motifs is 1. The number of rotatable bonds is 5. The van der Waals surface area contributed by atoms with Crippen molar-refractivity contribution in [1.82, 2.24) is 9.55 Å². The summed E-state index contributed by atoms with van der Waals surface area (Å²) in [6, 6.07) is 4.13. The first-order valence-electron chi connectivity index (χ1n) is 8.96. The van der Waals surface area contributed by atoms with Crippen LogP contribution in [0.25, 0.3) is 0 Å². The molecule has 0 bridgehead atoms. The number of benzene rings is 1. The summed E-state index contributed by atoms with van der Waals surface area (Å²) in [5.74, 6) is 1.78. The average molecular weight is 439 g/mol. The van der Waals surface area contributed by atoms with Gasteiger partial charge in [0.1, 0.15) is 10.9 Å². The van der Waals surface area contributed by atoms with Crippen LogP contribution >= 0.6 is 27.5 Å². The van der Waals surface area contributed by atoms with Crippen LogP contribution in [0, 0.1) is 5.92 Å². The summed E-state index contributed by atoms with van der Waals surface area (Å²) in [6.45, 7) is 2.82. The number of methoxy groups -OCH3 is 1. The molecule has 0 unspecified atom stereocenters. The number of anilines is 2. The zero-order valence-electron chi connectivity index (χ0n) is 14.8. The number of halogens is 2. The van der Waals surface area contributed by atoms with E-state index in [1.165, 1.54) is 12.8 Å². The molecule has 0 saturated heterocycles. The van der Waals surface area contributed by atoms with Crippen molar-refractivity contribution >= 4 is 39.0 Å². The van der Waals surface area contributed by atoms with Gasteiger partial charge in [0.25, 0.3) is 5.56 Å². The minimum absolute atomic E-state index is 0.0660. The van der Waals surface area contributed by atoms with Crippen LogP contribution < -0.4 is 15.2 Å². The van der Waals surface area contributed by atoms with Crippen molar-refractivity contribution in [2.45, 2.75) is 38.6 Å². The number of hydrogen-bond donors (Lipinski definition) is 0. The zero-order chi connectivity index (χ0) is 18.4. The van der Waals surface area contributed by atoms with Crippen molar-refractivity contribution in [3.05, 3.63) is 43.9 Å². The van der Waals surface area contributed by atoms with Crippen LogP contribution in [0.15, 0.2) is 27.6 Å². The molecule has 1 aliphatic carbocycles. The molecule has 4 rings (SSSR count). The van der Waals surface area contributed by atoms with E-state index in [1.807, 2.05) is 17.0 Å². The Morgan fingerprint density at radius 2 is 2.19 bits per heavy atom. The molecule has 1 saturated carbocycles. The van der Waals surface area contributed by atoms with Crippen molar-refractivity contribution in [3.63, 3.8) is 0 Å². The van der Waals surface area contributed by atoms with Gasteiger partial charge in [-0.3, -0.25) is 4.79 Å². The highest BCUT2D eigenvalue weighted by atomic mass is 79.9. The van der Waals surface area contributed by atoms with E-state index >= 15 is 0 Å². The molecule has 1 aromatic carbocycles. The molecule has 138 valence electrons. The Kier molecular flexibility index (Phi) is 4.73. The van der Waals surface area contributed by atoms with Gasteiger partial charge in [0.2, 0.25) is 5.82 Å². The fraction of sp³-hybridized carbons (Fsp3) is 0.474. The quantitative estimate of drug-likeness (QED) is 0.677. The van der Waals surface area contributed by atoms with Gasteiger partial charge in [-0.2, -0.15) is 0 Å². The van der Waals surface area contributed by atoms with Crippen LogP contribution in [0.2, 0.25) is 5.15 Å². The normalized spacial score (nSPS) is 17.3. The minimum Gasteiger partial charge on any atom is -0.497 e. The van der Waals surface area contributed by atoms with Crippen molar-refractivity contribution < 1.29 is 4.74 Å². The Balaban J connectivity index is 1.81. The van der Waals surface area contributed by atoms with E-state index in [4.69, 9.17) is 16.3 Å². The minimum atomic E-state index is -0.0660. The maximum Gasteiger partial charge on any atom is 0.294 e. The predicted molar refractivity (Wildman–Crippen MR) is 107 cm³/mol. The van der Waals surface area contributed by atoms with Gasteiger partial charge in [0.05, 0.1) is 12.8 Å². The molecule has 2 heterocycles. The topological polar surface area (TPSA) is 47.4 Å². The Labute approximate surface area is 166 Å². The van der Waals surface area contributed by atoms with E-state index < -0.39 is 0 Å². The van der Waals surface area contributed by atoms with Crippen molar-refractivity contribution in [3.8, 4) is 5.75 Å². The monoisotopic (exact) mass is 437 g/mol. The summed E-state index contributed by atoms with van der Waals surface area (Å²) in [4.78, 5) is 19.6. The van der Waals surface area contributed by atoms with Crippen LogP contribution in [-0.2, 0) is 6.42 Å². The fourth-order valence-electron chi connectivity index (χ4n) is 3.92. The molecule has 0 radical (unpaired) electrons. The van der Waals surface area contributed by atoms with Gasteiger partial charge >= 0.3 is 0 Å². The molecule has 7 heteroatoms. The third kappa shape index (κ3) is 3.03. The SMILES string of the molecule is CC[C@H](C1CC1)n1cc(Cl)nc(N2CCc3cc(OC)cc(Br)c32)c1=O.